The van der Waals surface area contributed by atoms with Gasteiger partial charge in [0.15, 0.2) is 17.3 Å². The average molecular weight is 540 g/mol. The summed E-state index contributed by atoms with van der Waals surface area (Å²) < 4.78 is 17.9. The highest BCUT2D eigenvalue weighted by atomic mass is 127. The van der Waals surface area contributed by atoms with Gasteiger partial charge in [0.25, 0.3) is 0 Å². The van der Waals surface area contributed by atoms with E-state index in [1.54, 1.807) is 19.4 Å². The van der Waals surface area contributed by atoms with Crippen LogP contribution in [0.15, 0.2) is 76.2 Å². The molecule has 0 aliphatic carbocycles. The molecule has 0 atom stereocenters. The lowest BCUT2D eigenvalue weighted by Crippen LogP contribution is -2.16. The number of furan rings is 1. The summed E-state index contributed by atoms with van der Waals surface area (Å²) in [5.41, 5.74) is 6.19. The fraction of sp³-hybridized carbons (Fsp3) is 0.120. The molecule has 162 valence electrons. The van der Waals surface area contributed by atoms with Gasteiger partial charge in [0.1, 0.15) is 12.2 Å². The molecule has 6 nitrogen and oxygen atoms in total. The maximum Gasteiger partial charge on any atom is 0.307 e. The Balaban J connectivity index is 1.44. The topological polar surface area (TPSA) is 73.1 Å². The number of halogens is 1. The van der Waals surface area contributed by atoms with E-state index in [9.17, 15) is 4.79 Å². The third-order valence-corrected chi connectivity index (χ3v) is 5.59. The summed E-state index contributed by atoms with van der Waals surface area (Å²) in [6.45, 7) is 2.49. The van der Waals surface area contributed by atoms with Crippen molar-refractivity contribution in [3.8, 4) is 11.5 Å². The van der Waals surface area contributed by atoms with E-state index in [0.717, 1.165) is 20.1 Å². The Morgan fingerprint density at radius 1 is 1.12 bits per heavy atom. The van der Waals surface area contributed by atoms with Crippen LogP contribution in [0.4, 0.5) is 0 Å². The van der Waals surface area contributed by atoms with E-state index in [4.69, 9.17) is 13.9 Å². The number of benzene rings is 3. The van der Waals surface area contributed by atoms with Crippen LogP contribution < -0.4 is 14.9 Å². The Hall–Kier alpha value is -3.33. The molecule has 32 heavy (non-hydrogen) atoms. The molecule has 4 aromatic rings. The van der Waals surface area contributed by atoms with Gasteiger partial charge < -0.3 is 13.9 Å². The van der Waals surface area contributed by atoms with Gasteiger partial charge in [-0.3, -0.25) is 4.79 Å². The van der Waals surface area contributed by atoms with E-state index in [-0.39, 0.29) is 5.76 Å². The van der Waals surface area contributed by atoms with Crippen LogP contribution in [0, 0.1) is 10.5 Å². The number of carbonyl (C=O) groups excluding carboxylic acids is 1. The molecule has 4 rings (SSSR count). The summed E-state index contributed by atoms with van der Waals surface area (Å²) in [5, 5.41) is 4.91. The van der Waals surface area contributed by atoms with E-state index in [1.807, 2.05) is 48.5 Å². The minimum absolute atomic E-state index is 0.204. The molecule has 1 amide bonds. The number of amides is 1. The molecule has 0 unspecified atom stereocenters. The van der Waals surface area contributed by atoms with Crippen LogP contribution in [-0.4, -0.2) is 19.2 Å². The second kappa shape index (κ2) is 9.86. The molecule has 0 aliphatic rings. The van der Waals surface area contributed by atoms with Gasteiger partial charge in [-0.15, -0.1) is 0 Å². The maximum atomic E-state index is 12.3. The smallest absolute Gasteiger partial charge is 0.307 e. The zero-order chi connectivity index (χ0) is 22.5. The number of carbonyl (C=O) groups is 1. The van der Waals surface area contributed by atoms with Crippen molar-refractivity contribution >= 4 is 45.7 Å². The van der Waals surface area contributed by atoms with Gasteiger partial charge in [-0.25, -0.2) is 5.43 Å². The largest absolute Gasteiger partial charge is 0.493 e. The molecule has 0 radical (unpaired) electrons. The molecule has 1 N–H and O–H groups in total. The SMILES string of the molecule is COc1cc(/C=N/NC(=O)c2cc3ccccc3o2)cc(I)c1OCc1ccc(C)cc1. The number of nitrogens with one attached hydrogen (secondary N) is 1. The number of hydrogen-bond acceptors (Lipinski definition) is 5. The highest BCUT2D eigenvalue weighted by Crippen LogP contribution is 2.34. The van der Waals surface area contributed by atoms with Gasteiger partial charge in [0, 0.05) is 5.39 Å². The van der Waals surface area contributed by atoms with Crippen LogP contribution in [0.25, 0.3) is 11.0 Å². The van der Waals surface area contributed by atoms with Gasteiger partial charge in [-0.2, -0.15) is 5.10 Å². The molecule has 0 saturated carbocycles. The maximum absolute atomic E-state index is 12.3. The molecule has 3 aromatic carbocycles. The summed E-state index contributed by atoms with van der Waals surface area (Å²) in [6, 6.07) is 21.0. The Bertz CT molecular complexity index is 1250. The summed E-state index contributed by atoms with van der Waals surface area (Å²) in [4.78, 5) is 12.3. The van der Waals surface area contributed by atoms with Crippen molar-refractivity contribution in [3.05, 3.63) is 92.8 Å². The minimum Gasteiger partial charge on any atom is -0.493 e. The number of para-hydroxylation sites is 1. The Kier molecular flexibility index (Phi) is 6.75. The van der Waals surface area contributed by atoms with Crippen LogP contribution >= 0.6 is 22.6 Å². The van der Waals surface area contributed by atoms with E-state index in [0.29, 0.717) is 23.7 Å². The Morgan fingerprint density at radius 3 is 2.66 bits per heavy atom. The second-order valence-electron chi connectivity index (χ2n) is 7.16. The highest BCUT2D eigenvalue weighted by Gasteiger charge is 2.13. The molecular formula is C25H21IN2O4. The van der Waals surface area contributed by atoms with Crippen LogP contribution in [-0.2, 0) is 6.61 Å². The fourth-order valence-electron chi connectivity index (χ4n) is 3.11. The number of fused-ring (bicyclic) bond motifs is 1. The van der Waals surface area contributed by atoms with Crippen molar-refractivity contribution in [2.45, 2.75) is 13.5 Å². The monoisotopic (exact) mass is 540 g/mol. The van der Waals surface area contributed by atoms with Crippen molar-refractivity contribution in [3.63, 3.8) is 0 Å². The van der Waals surface area contributed by atoms with Crippen LogP contribution in [0.1, 0.15) is 27.2 Å². The normalized spacial score (nSPS) is 11.1. The molecule has 1 heterocycles. The lowest BCUT2D eigenvalue weighted by atomic mass is 10.2. The van der Waals surface area contributed by atoms with Crippen molar-refractivity contribution < 1.29 is 18.7 Å². The summed E-state index contributed by atoms with van der Waals surface area (Å²) in [7, 11) is 1.59. The predicted octanol–water partition coefficient (Wildman–Crippen LogP) is 5.70. The van der Waals surface area contributed by atoms with Gasteiger partial charge in [-0.05, 0) is 64.9 Å². The zero-order valence-corrected chi connectivity index (χ0v) is 19.8. The van der Waals surface area contributed by atoms with E-state index in [2.05, 4.69) is 52.2 Å². The van der Waals surface area contributed by atoms with E-state index in [1.165, 1.54) is 5.56 Å². The number of methoxy groups -OCH3 is 1. The number of ether oxygens (including phenoxy) is 2. The molecular weight excluding hydrogens is 519 g/mol. The third-order valence-electron chi connectivity index (χ3n) is 4.78. The predicted molar refractivity (Wildman–Crippen MR) is 132 cm³/mol. The lowest BCUT2D eigenvalue weighted by Gasteiger charge is -2.13. The van der Waals surface area contributed by atoms with E-state index >= 15 is 0 Å². The van der Waals surface area contributed by atoms with E-state index < -0.39 is 5.91 Å². The molecule has 0 spiro atoms. The highest BCUT2D eigenvalue weighted by molar-refractivity contribution is 14.1. The van der Waals surface area contributed by atoms with Crippen LogP contribution in [0.3, 0.4) is 0 Å². The molecule has 0 fully saturated rings. The molecule has 0 aliphatic heterocycles. The van der Waals surface area contributed by atoms with Gasteiger partial charge in [0.05, 0.1) is 16.9 Å². The minimum atomic E-state index is -0.419. The van der Waals surface area contributed by atoms with Gasteiger partial charge >= 0.3 is 5.91 Å². The summed E-state index contributed by atoms with van der Waals surface area (Å²) in [5.74, 6) is 1.04. The van der Waals surface area contributed by atoms with Crippen molar-refractivity contribution in [2.24, 2.45) is 5.10 Å². The number of aryl methyl sites for hydroxylation is 1. The Labute approximate surface area is 199 Å². The first-order valence-corrected chi connectivity index (χ1v) is 11.0. The van der Waals surface area contributed by atoms with Crippen molar-refractivity contribution in [1.82, 2.24) is 5.43 Å². The number of hydrogen-bond donors (Lipinski definition) is 1. The zero-order valence-electron chi connectivity index (χ0n) is 17.6. The quantitative estimate of drug-likeness (QED) is 0.186. The number of rotatable bonds is 7. The second-order valence-corrected chi connectivity index (χ2v) is 8.32. The fourth-order valence-corrected chi connectivity index (χ4v) is 3.89. The van der Waals surface area contributed by atoms with Crippen LogP contribution in [0.5, 0.6) is 11.5 Å². The lowest BCUT2D eigenvalue weighted by molar-refractivity contribution is 0.0929. The van der Waals surface area contributed by atoms with Gasteiger partial charge in [0.2, 0.25) is 0 Å². The molecule has 0 saturated heterocycles. The first-order valence-electron chi connectivity index (χ1n) is 9.91. The first-order chi connectivity index (χ1) is 15.5. The standard InChI is InChI=1S/C25H21IN2O4/c1-16-7-9-17(10-8-16)15-31-24-20(26)11-18(12-22(24)30-2)14-27-28-25(29)23-13-19-5-3-4-6-21(19)32-23/h3-14H,15H2,1-2H3,(H,28,29)/b27-14+. The number of hydrazone groups is 1. The Morgan fingerprint density at radius 2 is 1.91 bits per heavy atom. The summed E-state index contributed by atoms with van der Waals surface area (Å²) >= 11 is 2.20. The van der Waals surface area contributed by atoms with Crippen LogP contribution in [0.2, 0.25) is 0 Å². The number of nitrogens with zero attached hydrogens (tertiary/aromatic N) is 1. The first kappa shape index (κ1) is 21.9. The molecule has 7 heteroatoms. The summed E-state index contributed by atoms with van der Waals surface area (Å²) in [6.07, 6.45) is 1.55. The molecule has 0 bridgehead atoms. The van der Waals surface area contributed by atoms with Crippen molar-refractivity contribution in [1.29, 1.82) is 0 Å². The van der Waals surface area contributed by atoms with Gasteiger partial charge in [-0.1, -0.05) is 48.0 Å². The average Bonchev–Trinajstić information content (AvgIpc) is 3.23. The molecule has 1 aromatic heterocycles. The van der Waals surface area contributed by atoms with Crippen molar-refractivity contribution in [2.75, 3.05) is 7.11 Å². The third kappa shape index (κ3) is 5.11.